The summed E-state index contributed by atoms with van der Waals surface area (Å²) in [5, 5.41) is 0. The molecule has 0 N–H and O–H groups in total. The Labute approximate surface area is 143 Å². The molecule has 3 rings (SSSR count). The van der Waals surface area contributed by atoms with Crippen LogP contribution in [-0.4, -0.2) is 38.7 Å². The van der Waals surface area contributed by atoms with E-state index >= 15 is 0 Å². The lowest BCUT2D eigenvalue weighted by molar-refractivity contribution is 0.0473. The number of carbonyl (C=O) groups is 2. The van der Waals surface area contributed by atoms with Crippen molar-refractivity contribution in [2.24, 2.45) is 0 Å². The minimum Gasteiger partial charge on any atom is -0.493 e. The summed E-state index contributed by atoms with van der Waals surface area (Å²) in [5.41, 5.74) is 0.432. The van der Waals surface area contributed by atoms with E-state index < -0.39 is 24.2 Å². The lowest BCUT2D eigenvalue weighted by atomic mass is 10.1. The minimum atomic E-state index is -0.703. The topological polar surface area (TPSA) is 71.1 Å². The number of Topliss-reactive ketones (excluding diaryl/α,β-unsaturated/α-hetero) is 1. The quantitative estimate of drug-likeness (QED) is 0.612. The number of carbonyl (C=O) groups excluding carboxylic acids is 2. The summed E-state index contributed by atoms with van der Waals surface area (Å²) < 4.78 is 34.0. The minimum absolute atomic E-state index is 0.174. The van der Waals surface area contributed by atoms with Crippen LogP contribution in [0.3, 0.4) is 0 Å². The number of halogens is 1. The van der Waals surface area contributed by atoms with Gasteiger partial charge in [0.25, 0.3) is 0 Å². The van der Waals surface area contributed by atoms with Crippen molar-refractivity contribution in [1.82, 2.24) is 0 Å². The van der Waals surface area contributed by atoms with E-state index in [4.69, 9.17) is 18.9 Å². The van der Waals surface area contributed by atoms with Crippen molar-refractivity contribution in [3.8, 4) is 17.2 Å². The lowest BCUT2D eigenvalue weighted by Crippen LogP contribution is -2.18. The molecule has 6 nitrogen and oxygen atoms in total. The van der Waals surface area contributed by atoms with Crippen LogP contribution in [0.5, 0.6) is 17.2 Å². The van der Waals surface area contributed by atoms with E-state index in [1.807, 2.05) is 0 Å². The highest BCUT2D eigenvalue weighted by Gasteiger charge is 2.22. The third-order valence-electron chi connectivity index (χ3n) is 3.56. The van der Waals surface area contributed by atoms with Crippen LogP contribution in [0.4, 0.5) is 4.39 Å². The predicted octanol–water partition coefficient (Wildman–Crippen LogP) is 2.65. The maximum Gasteiger partial charge on any atom is 0.338 e. The molecule has 0 spiro atoms. The maximum absolute atomic E-state index is 12.9. The van der Waals surface area contributed by atoms with Crippen LogP contribution >= 0.6 is 0 Å². The van der Waals surface area contributed by atoms with Crippen molar-refractivity contribution < 1.29 is 32.9 Å². The Bertz CT molecular complexity index is 783. The second-order valence-electron chi connectivity index (χ2n) is 5.21. The number of ether oxygens (including phenoxy) is 4. The molecule has 0 aromatic heterocycles. The van der Waals surface area contributed by atoms with Crippen LogP contribution in [-0.2, 0) is 4.74 Å². The van der Waals surface area contributed by atoms with E-state index in [0.29, 0.717) is 30.5 Å². The van der Waals surface area contributed by atoms with Crippen molar-refractivity contribution in [1.29, 1.82) is 0 Å². The van der Waals surface area contributed by atoms with Crippen LogP contribution in [0.15, 0.2) is 36.4 Å². The number of ketones is 1. The van der Waals surface area contributed by atoms with Gasteiger partial charge in [0, 0.05) is 5.56 Å². The Hall–Kier alpha value is -3.09. The van der Waals surface area contributed by atoms with Crippen molar-refractivity contribution in [3.05, 3.63) is 53.3 Å². The number of methoxy groups -OCH3 is 1. The smallest absolute Gasteiger partial charge is 0.338 e. The van der Waals surface area contributed by atoms with E-state index in [1.54, 1.807) is 0 Å². The molecule has 1 heterocycles. The largest absolute Gasteiger partial charge is 0.493 e. The molecule has 7 heteroatoms. The zero-order chi connectivity index (χ0) is 17.8. The molecule has 0 atom stereocenters. The van der Waals surface area contributed by atoms with Gasteiger partial charge in [0.15, 0.2) is 23.9 Å². The summed E-state index contributed by atoms with van der Waals surface area (Å²) in [5.74, 6) is -0.440. The third kappa shape index (κ3) is 3.71. The molecule has 0 aliphatic carbocycles. The summed E-state index contributed by atoms with van der Waals surface area (Å²) in [6, 6.07) is 7.93. The molecule has 2 aromatic carbocycles. The molecule has 0 fully saturated rings. The maximum atomic E-state index is 12.9. The van der Waals surface area contributed by atoms with E-state index in [1.165, 1.54) is 43.5 Å². The molecule has 25 heavy (non-hydrogen) atoms. The van der Waals surface area contributed by atoms with Crippen LogP contribution in [0, 0.1) is 5.82 Å². The molecule has 1 aliphatic rings. The molecule has 1 aliphatic heterocycles. The van der Waals surface area contributed by atoms with Gasteiger partial charge in [-0.2, -0.15) is 0 Å². The van der Waals surface area contributed by atoms with Gasteiger partial charge in [-0.15, -0.1) is 0 Å². The fourth-order valence-electron chi connectivity index (χ4n) is 2.32. The molecular weight excluding hydrogens is 331 g/mol. The molecule has 0 unspecified atom stereocenters. The number of rotatable bonds is 5. The average molecular weight is 346 g/mol. The van der Waals surface area contributed by atoms with Crippen LogP contribution < -0.4 is 14.2 Å². The van der Waals surface area contributed by atoms with Crippen molar-refractivity contribution in [2.45, 2.75) is 0 Å². The monoisotopic (exact) mass is 346 g/mol. The second kappa shape index (κ2) is 7.21. The highest BCUT2D eigenvalue weighted by molar-refractivity contribution is 5.99. The Morgan fingerprint density at radius 2 is 1.80 bits per heavy atom. The highest BCUT2D eigenvalue weighted by atomic mass is 19.1. The fraction of sp³-hybridized carbons (Fsp3) is 0.222. The van der Waals surface area contributed by atoms with Gasteiger partial charge >= 0.3 is 5.97 Å². The first kappa shape index (κ1) is 16.8. The van der Waals surface area contributed by atoms with Gasteiger partial charge in [-0.3, -0.25) is 4.79 Å². The summed E-state index contributed by atoms with van der Waals surface area (Å²) in [6.07, 6.45) is 0. The Morgan fingerprint density at radius 3 is 2.52 bits per heavy atom. The first-order valence-electron chi connectivity index (χ1n) is 7.52. The molecule has 0 saturated carbocycles. The number of benzene rings is 2. The number of hydrogen-bond donors (Lipinski definition) is 0. The molecule has 0 saturated heterocycles. The SMILES string of the molecule is COc1cc(C(=O)OCC(=O)c2ccc(F)cc2)cc2c1OCCO2. The third-order valence-corrected chi connectivity index (χ3v) is 3.56. The van der Waals surface area contributed by atoms with Gasteiger partial charge < -0.3 is 18.9 Å². The van der Waals surface area contributed by atoms with E-state index in [0.717, 1.165) is 0 Å². The molecule has 2 aromatic rings. The van der Waals surface area contributed by atoms with Gasteiger partial charge in [-0.25, -0.2) is 9.18 Å². The molecule has 0 amide bonds. The fourth-order valence-corrected chi connectivity index (χ4v) is 2.32. The summed E-state index contributed by atoms with van der Waals surface area (Å²) in [4.78, 5) is 24.2. The molecule has 0 bridgehead atoms. The number of esters is 1. The molecule has 130 valence electrons. The van der Waals surface area contributed by atoms with Gasteiger partial charge in [-0.1, -0.05) is 0 Å². The van der Waals surface area contributed by atoms with E-state index in [2.05, 4.69) is 0 Å². The summed E-state index contributed by atoms with van der Waals surface area (Å²) in [6.45, 7) is 0.290. The van der Waals surface area contributed by atoms with Crippen LogP contribution in [0.1, 0.15) is 20.7 Å². The first-order valence-corrected chi connectivity index (χ1v) is 7.52. The second-order valence-corrected chi connectivity index (χ2v) is 5.21. The highest BCUT2D eigenvalue weighted by Crippen LogP contribution is 2.40. The van der Waals surface area contributed by atoms with Crippen molar-refractivity contribution >= 4 is 11.8 Å². The lowest BCUT2D eigenvalue weighted by Gasteiger charge is -2.21. The van der Waals surface area contributed by atoms with Crippen molar-refractivity contribution in [3.63, 3.8) is 0 Å². The van der Waals surface area contributed by atoms with Crippen molar-refractivity contribution in [2.75, 3.05) is 26.9 Å². The normalized spacial score (nSPS) is 12.4. The van der Waals surface area contributed by atoms with E-state index in [-0.39, 0.29) is 11.1 Å². The Balaban J connectivity index is 1.71. The molecule has 0 radical (unpaired) electrons. The van der Waals surface area contributed by atoms with Gasteiger partial charge in [0.2, 0.25) is 5.75 Å². The zero-order valence-electron chi connectivity index (χ0n) is 13.4. The summed E-state index contributed by atoms with van der Waals surface area (Å²) >= 11 is 0. The summed E-state index contributed by atoms with van der Waals surface area (Å²) in [7, 11) is 1.45. The van der Waals surface area contributed by atoms with Gasteiger partial charge in [0.1, 0.15) is 19.0 Å². The van der Waals surface area contributed by atoms with Crippen LogP contribution in [0.2, 0.25) is 0 Å². The standard InChI is InChI=1S/C18H15FO6/c1-22-15-8-12(9-16-17(15)24-7-6-23-16)18(21)25-10-14(20)11-2-4-13(19)5-3-11/h2-5,8-9H,6-7,10H2,1H3. The predicted molar refractivity (Wildman–Crippen MR) is 85.0 cm³/mol. The Morgan fingerprint density at radius 1 is 1.08 bits per heavy atom. The Kier molecular flexibility index (Phi) is 4.83. The van der Waals surface area contributed by atoms with Gasteiger partial charge in [-0.05, 0) is 36.4 Å². The first-order chi connectivity index (χ1) is 12.1. The molecular formula is C18H15FO6. The van der Waals surface area contributed by atoms with E-state index in [9.17, 15) is 14.0 Å². The zero-order valence-corrected chi connectivity index (χ0v) is 13.4. The van der Waals surface area contributed by atoms with Crippen LogP contribution in [0.25, 0.3) is 0 Å². The number of hydrogen-bond acceptors (Lipinski definition) is 6. The van der Waals surface area contributed by atoms with Gasteiger partial charge in [0.05, 0.1) is 12.7 Å². The average Bonchev–Trinajstić information content (AvgIpc) is 2.65. The number of fused-ring (bicyclic) bond motifs is 1.